The van der Waals surface area contributed by atoms with Crippen molar-refractivity contribution in [2.24, 2.45) is 5.92 Å². The van der Waals surface area contributed by atoms with Crippen LogP contribution in [0.1, 0.15) is 26.2 Å². The highest BCUT2D eigenvalue weighted by atomic mass is 32.1. The maximum absolute atomic E-state index is 5.84. The zero-order valence-corrected chi connectivity index (χ0v) is 10.3. The van der Waals surface area contributed by atoms with Gasteiger partial charge in [0.1, 0.15) is 0 Å². The van der Waals surface area contributed by atoms with E-state index in [-0.39, 0.29) is 0 Å². The Balaban J connectivity index is 1.88. The van der Waals surface area contributed by atoms with E-state index in [2.05, 4.69) is 9.27 Å². The summed E-state index contributed by atoms with van der Waals surface area (Å²) in [6.07, 6.45) is 4.04. The van der Waals surface area contributed by atoms with Crippen LogP contribution in [0.2, 0.25) is 0 Å². The second-order valence-corrected chi connectivity index (χ2v) is 5.37. The van der Waals surface area contributed by atoms with Crippen LogP contribution in [0, 0.1) is 5.92 Å². The van der Waals surface area contributed by atoms with Gasteiger partial charge in [0, 0.05) is 12.6 Å². The Morgan fingerprint density at radius 2 is 2.44 bits per heavy atom. The number of nitrogen functional groups attached to an aromatic ring is 1. The average molecular weight is 239 g/mol. The molecule has 1 saturated heterocycles. The molecule has 3 rings (SSSR count). The molecule has 2 aliphatic rings. The smallest absolute Gasteiger partial charge is 0.197 e. The Morgan fingerprint density at radius 1 is 1.56 bits per heavy atom. The minimum Gasteiger partial charge on any atom is -0.487 e. The van der Waals surface area contributed by atoms with Gasteiger partial charge in [0.25, 0.3) is 0 Å². The number of hydrogen-bond acceptors (Lipinski definition) is 5. The topological polar surface area (TPSA) is 51.4 Å². The molecule has 0 amide bonds. The van der Waals surface area contributed by atoms with E-state index >= 15 is 0 Å². The van der Waals surface area contributed by atoms with Crippen molar-refractivity contribution >= 4 is 22.4 Å². The fourth-order valence-corrected chi connectivity index (χ4v) is 3.76. The highest BCUT2D eigenvalue weighted by molar-refractivity contribution is 7.11. The van der Waals surface area contributed by atoms with Gasteiger partial charge >= 0.3 is 0 Å². The van der Waals surface area contributed by atoms with Crippen molar-refractivity contribution in [1.29, 1.82) is 0 Å². The molecule has 0 spiro atoms. The summed E-state index contributed by atoms with van der Waals surface area (Å²) < 4.78 is 9.83. The first-order chi connectivity index (χ1) is 7.79. The van der Waals surface area contributed by atoms with Crippen molar-refractivity contribution in [3.63, 3.8) is 0 Å². The normalized spacial score (nSPS) is 27.7. The van der Waals surface area contributed by atoms with Gasteiger partial charge in [-0.1, -0.05) is 0 Å². The van der Waals surface area contributed by atoms with Gasteiger partial charge in [0.15, 0.2) is 16.6 Å². The maximum Gasteiger partial charge on any atom is 0.197 e. The molecular weight excluding hydrogens is 222 g/mol. The maximum atomic E-state index is 5.84. The van der Waals surface area contributed by atoms with Crippen LogP contribution in [0.15, 0.2) is 0 Å². The molecule has 2 atom stereocenters. The predicted octanol–water partition coefficient (Wildman–Crippen LogP) is 2.11. The molecule has 2 unspecified atom stereocenters. The summed E-state index contributed by atoms with van der Waals surface area (Å²) in [7, 11) is 0. The van der Waals surface area contributed by atoms with E-state index in [1.54, 1.807) is 0 Å². The van der Waals surface area contributed by atoms with Crippen LogP contribution in [-0.2, 0) is 0 Å². The van der Waals surface area contributed by atoms with E-state index in [1.165, 1.54) is 30.8 Å². The molecule has 1 aliphatic carbocycles. The summed E-state index contributed by atoms with van der Waals surface area (Å²) in [5.41, 5.74) is 5.84. The highest BCUT2D eigenvalue weighted by Gasteiger charge is 2.40. The van der Waals surface area contributed by atoms with Crippen molar-refractivity contribution in [3.8, 4) is 5.75 Å². The van der Waals surface area contributed by atoms with Crippen molar-refractivity contribution in [2.45, 2.75) is 32.2 Å². The molecule has 1 aliphatic heterocycles. The standard InChI is InChI=1S/C11H17N3OS/c1-2-15-9-10(12)13-16-11(9)14-6-7-3-4-8(14)5-7/h7-8H,2-6H2,1H3,(H2,12,13). The first-order valence-corrected chi connectivity index (χ1v) is 6.71. The van der Waals surface area contributed by atoms with Crippen LogP contribution in [-0.4, -0.2) is 23.6 Å². The van der Waals surface area contributed by atoms with Gasteiger partial charge in [0.2, 0.25) is 0 Å². The molecule has 88 valence electrons. The Kier molecular flexibility index (Phi) is 2.42. The van der Waals surface area contributed by atoms with Gasteiger partial charge in [-0.25, -0.2) is 0 Å². The lowest BCUT2D eigenvalue weighted by atomic mass is 10.1. The van der Waals surface area contributed by atoms with Gasteiger partial charge in [-0.05, 0) is 43.6 Å². The quantitative estimate of drug-likeness (QED) is 0.877. The number of ether oxygens (including phenoxy) is 1. The molecule has 1 saturated carbocycles. The molecule has 0 radical (unpaired) electrons. The van der Waals surface area contributed by atoms with Crippen LogP contribution in [0.3, 0.4) is 0 Å². The lowest BCUT2D eigenvalue weighted by molar-refractivity contribution is 0.342. The molecule has 1 aromatic rings. The SMILES string of the molecule is CCOc1c(N)nsc1N1CC2CCC1C2. The largest absolute Gasteiger partial charge is 0.487 e. The van der Waals surface area contributed by atoms with Crippen molar-refractivity contribution in [1.82, 2.24) is 4.37 Å². The summed E-state index contributed by atoms with van der Waals surface area (Å²) >= 11 is 1.48. The second kappa shape index (κ2) is 3.80. The summed E-state index contributed by atoms with van der Waals surface area (Å²) in [6, 6.07) is 0.698. The first-order valence-electron chi connectivity index (χ1n) is 5.94. The van der Waals surface area contributed by atoms with Crippen LogP contribution in [0.25, 0.3) is 0 Å². The second-order valence-electron chi connectivity index (χ2n) is 4.62. The highest BCUT2D eigenvalue weighted by Crippen LogP contribution is 2.46. The van der Waals surface area contributed by atoms with Gasteiger partial charge in [-0.2, -0.15) is 4.37 Å². The number of fused-ring (bicyclic) bond motifs is 2. The van der Waals surface area contributed by atoms with Gasteiger partial charge < -0.3 is 15.4 Å². The van der Waals surface area contributed by atoms with Crippen molar-refractivity contribution in [2.75, 3.05) is 23.8 Å². The third-order valence-corrected chi connectivity index (χ3v) is 4.50. The molecule has 2 fully saturated rings. The summed E-state index contributed by atoms with van der Waals surface area (Å²) in [6.45, 7) is 3.79. The number of rotatable bonds is 3. The van der Waals surface area contributed by atoms with Gasteiger partial charge in [0.05, 0.1) is 6.61 Å². The molecule has 16 heavy (non-hydrogen) atoms. The molecular formula is C11H17N3OS. The number of anilines is 2. The molecule has 5 heteroatoms. The Bertz CT molecular complexity index is 393. The molecule has 4 nitrogen and oxygen atoms in total. The Labute approximate surface area is 99.6 Å². The van der Waals surface area contributed by atoms with E-state index < -0.39 is 0 Å². The number of hydrogen-bond donors (Lipinski definition) is 1. The third kappa shape index (κ3) is 1.45. The van der Waals surface area contributed by atoms with Crippen molar-refractivity contribution < 1.29 is 4.74 Å². The number of nitrogens with zero attached hydrogens (tertiary/aromatic N) is 2. The van der Waals surface area contributed by atoms with Crippen LogP contribution >= 0.6 is 11.5 Å². The van der Waals surface area contributed by atoms with E-state index in [4.69, 9.17) is 10.5 Å². The number of aromatic nitrogens is 1. The zero-order valence-electron chi connectivity index (χ0n) is 9.48. The Morgan fingerprint density at radius 3 is 3.06 bits per heavy atom. The van der Waals surface area contributed by atoms with Crippen molar-refractivity contribution in [3.05, 3.63) is 0 Å². The fraction of sp³-hybridized carbons (Fsp3) is 0.727. The minimum atomic E-state index is 0.546. The summed E-state index contributed by atoms with van der Waals surface area (Å²) in [4.78, 5) is 2.45. The van der Waals surface area contributed by atoms with E-state index in [9.17, 15) is 0 Å². The number of nitrogens with two attached hydrogens (primary N) is 1. The zero-order chi connectivity index (χ0) is 11.1. The third-order valence-electron chi connectivity index (χ3n) is 3.62. The molecule has 2 bridgehead atoms. The van der Waals surface area contributed by atoms with E-state index in [0.717, 1.165) is 23.2 Å². The van der Waals surface area contributed by atoms with E-state index in [0.29, 0.717) is 18.5 Å². The molecule has 1 aromatic heterocycles. The Hall–Kier alpha value is -0.970. The van der Waals surface area contributed by atoms with Crippen LogP contribution < -0.4 is 15.4 Å². The summed E-state index contributed by atoms with van der Waals surface area (Å²) in [5.74, 6) is 2.23. The first kappa shape index (κ1) is 10.2. The van der Waals surface area contributed by atoms with Crippen LogP contribution in [0.5, 0.6) is 5.75 Å². The van der Waals surface area contributed by atoms with Gasteiger partial charge in [-0.3, -0.25) is 0 Å². The molecule has 2 heterocycles. The average Bonchev–Trinajstić information content (AvgIpc) is 2.95. The molecule has 2 N–H and O–H groups in total. The van der Waals surface area contributed by atoms with Gasteiger partial charge in [-0.15, -0.1) is 0 Å². The van der Waals surface area contributed by atoms with Crippen LogP contribution in [0.4, 0.5) is 10.8 Å². The lowest BCUT2D eigenvalue weighted by Crippen LogP contribution is -2.31. The fourth-order valence-electron chi connectivity index (χ4n) is 2.92. The number of piperidine rings is 1. The lowest BCUT2D eigenvalue weighted by Gasteiger charge is -2.27. The monoisotopic (exact) mass is 239 g/mol. The summed E-state index contributed by atoms with van der Waals surface area (Å²) in [5, 5.41) is 1.14. The predicted molar refractivity (Wildman–Crippen MR) is 66.2 cm³/mol. The minimum absolute atomic E-state index is 0.546. The molecule has 0 aromatic carbocycles. The van der Waals surface area contributed by atoms with E-state index in [1.807, 2.05) is 6.92 Å².